The second-order valence-electron chi connectivity index (χ2n) is 6.09. The molecule has 0 spiro atoms. The summed E-state index contributed by atoms with van der Waals surface area (Å²) in [5.41, 5.74) is 5.89. The fourth-order valence-electron chi connectivity index (χ4n) is 3.09. The van der Waals surface area contributed by atoms with Gasteiger partial charge in [0.05, 0.1) is 0 Å². The Morgan fingerprint density at radius 1 is 1.26 bits per heavy atom. The topological polar surface area (TPSA) is 63.8 Å². The van der Waals surface area contributed by atoms with E-state index in [4.69, 9.17) is 5.73 Å². The first-order valence-corrected chi connectivity index (χ1v) is 7.65. The van der Waals surface area contributed by atoms with E-state index in [1.165, 1.54) is 44.9 Å². The van der Waals surface area contributed by atoms with Gasteiger partial charge in [-0.25, -0.2) is 9.97 Å². The van der Waals surface area contributed by atoms with Crippen LogP contribution in [-0.4, -0.2) is 16.0 Å². The Bertz CT molecular complexity index is 442. The van der Waals surface area contributed by atoms with Gasteiger partial charge in [-0.1, -0.05) is 26.2 Å². The minimum Gasteiger partial charge on any atom is -0.384 e. The van der Waals surface area contributed by atoms with Gasteiger partial charge in [0, 0.05) is 18.0 Å². The molecular formula is C15H24N4. The van der Waals surface area contributed by atoms with E-state index in [0.717, 1.165) is 17.6 Å². The van der Waals surface area contributed by atoms with Crippen LogP contribution in [-0.2, 0) is 0 Å². The van der Waals surface area contributed by atoms with Crippen LogP contribution in [0.1, 0.15) is 63.6 Å². The molecule has 3 N–H and O–H groups in total. The third kappa shape index (κ3) is 3.17. The molecule has 4 heteroatoms. The average Bonchev–Trinajstić information content (AvgIpc) is 3.22. The first-order valence-electron chi connectivity index (χ1n) is 7.65. The molecule has 0 amide bonds. The van der Waals surface area contributed by atoms with Crippen molar-refractivity contribution < 1.29 is 0 Å². The van der Waals surface area contributed by atoms with Crippen molar-refractivity contribution >= 4 is 11.6 Å². The van der Waals surface area contributed by atoms with Gasteiger partial charge in [0.1, 0.15) is 17.5 Å². The molecule has 0 bridgehead atoms. The Balaban J connectivity index is 1.68. The average molecular weight is 260 g/mol. The van der Waals surface area contributed by atoms with Crippen LogP contribution in [0, 0.1) is 5.92 Å². The van der Waals surface area contributed by atoms with Gasteiger partial charge in [0.15, 0.2) is 0 Å². The van der Waals surface area contributed by atoms with Crippen LogP contribution < -0.4 is 11.1 Å². The Hall–Kier alpha value is -1.32. The summed E-state index contributed by atoms with van der Waals surface area (Å²) in [4.78, 5) is 8.99. The molecule has 2 aliphatic carbocycles. The predicted molar refractivity (Wildman–Crippen MR) is 78.1 cm³/mol. The quantitative estimate of drug-likeness (QED) is 0.871. The molecule has 2 aliphatic rings. The van der Waals surface area contributed by atoms with E-state index in [1.807, 2.05) is 6.07 Å². The van der Waals surface area contributed by atoms with Crippen molar-refractivity contribution in [2.75, 3.05) is 11.1 Å². The number of hydrogen-bond acceptors (Lipinski definition) is 4. The number of rotatable bonds is 4. The zero-order valence-corrected chi connectivity index (χ0v) is 11.7. The van der Waals surface area contributed by atoms with Crippen molar-refractivity contribution in [3.05, 3.63) is 11.9 Å². The van der Waals surface area contributed by atoms with Crippen LogP contribution in [0.5, 0.6) is 0 Å². The molecule has 2 saturated carbocycles. The van der Waals surface area contributed by atoms with Crippen LogP contribution in [0.2, 0.25) is 0 Å². The molecule has 0 aromatic carbocycles. The van der Waals surface area contributed by atoms with Gasteiger partial charge in [-0.05, 0) is 31.6 Å². The zero-order valence-electron chi connectivity index (χ0n) is 11.7. The molecule has 1 aromatic rings. The highest BCUT2D eigenvalue weighted by Gasteiger charge is 2.27. The van der Waals surface area contributed by atoms with E-state index in [1.54, 1.807) is 0 Å². The lowest BCUT2D eigenvalue weighted by Gasteiger charge is -2.29. The molecule has 0 aliphatic heterocycles. The number of nitrogens with one attached hydrogen (secondary N) is 1. The third-order valence-corrected chi connectivity index (χ3v) is 4.42. The standard InChI is InChI=1S/C15H24N4/c1-2-10-4-3-5-12(8-10)17-14-9-13(16)18-15(19-14)11-6-7-11/h9-12H,2-8H2,1H3,(H3,16,17,18,19). The molecule has 2 fully saturated rings. The molecular weight excluding hydrogens is 236 g/mol. The van der Waals surface area contributed by atoms with Crippen LogP contribution >= 0.6 is 0 Å². The Morgan fingerprint density at radius 3 is 2.84 bits per heavy atom. The van der Waals surface area contributed by atoms with Gasteiger partial charge in [-0.15, -0.1) is 0 Å². The second kappa shape index (κ2) is 5.35. The van der Waals surface area contributed by atoms with E-state index in [9.17, 15) is 0 Å². The van der Waals surface area contributed by atoms with Gasteiger partial charge >= 0.3 is 0 Å². The molecule has 2 atom stereocenters. The van der Waals surface area contributed by atoms with Gasteiger partial charge in [-0.2, -0.15) is 0 Å². The van der Waals surface area contributed by atoms with Crippen molar-refractivity contribution in [2.24, 2.45) is 5.92 Å². The first kappa shape index (κ1) is 12.7. The highest BCUT2D eigenvalue weighted by Crippen LogP contribution is 2.38. The van der Waals surface area contributed by atoms with Crippen LogP contribution in [0.4, 0.5) is 11.6 Å². The fourth-order valence-corrected chi connectivity index (χ4v) is 3.09. The number of nitrogen functional groups attached to an aromatic ring is 1. The monoisotopic (exact) mass is 260 g/mol. The summed E-state index contributed by atoms with van der Waals surface area (Å²) in [5, 5.41) is 3.58. The van der Waals surface area contributed by atoms with Gasteiger partial charge in [-0.3, -0.25) is 0 Å². The molecule has 19 heavy (non-hydrogen) atoms. The lowest BCUT2D eigenvalue weighted by atomic mass is 9.84. The van der Waals surface area contributed by atoms with Crippen molar-refractivity contribution in [1.82, 2.24) is 9.97 Å². The van der Waals surface area contributed by atoms with E-state index in [-0.39, 0.29) is 0 Å². The smallest absolute Gasteiger partial charge is 0.136 e. The summed E-state index contributed by atoms with van der Waals surface area (Å²) >= 11 is 0. The number of hydrogen-bond donors (Lipinski definition) is 2. The minimum atomic E-state index is 0.554. The molecule has 1 aromatic heterocycles. The molecule has 1 heterocycles. The van der Waals surface area contributed by atoms with Crippen LogP contribution in [0.3, 0.4) is 0 Å². The summed E-state index contributed by atoms with van der Waals surface area (Å²) in [6.45, 7) is 2.29. The lowest BCUT2D eigenvalue weighted by molar-refractivity contribution is 0.327. The van der Waals surface area contributed by atoms with Crippen LogP contribution in [0.25, 0.3) is 0 Å². The number of anilines is 2. The van der Waals surface area contributed by atoms with Crippen LogP contribution in [0.15, 0.2) is 6.07 Å². The fraction of sp³-hybridized carbons (Fsp3) is 0.733. The minimum absolute atomic E-state index is 0.554. The molecule has 3 rings (SSSR count). The van der Waals surface area contributed by atoms with E-state index in [2.05, 4.69) is 22.2 Å². The molecule has 0 radical (unpaired) electrons. The number of aromatic nitrogens is 2. The normalized spacial score (nSPS) is 27.2. The van der Waals surface area contributed by atoms with Gasteiger partial charge < -0.3 is 11.1 Å². The highest BCUT2D eigenvalue weighted by molar-refractivity contribution is 5.46. The van der Waals surface area contributed by atoms with Crippen molar-refractivity contribution in [1.29, 1.82) is 0 Å². The largest absolute Gasteiger partial charge is 0.384 e. The van der Waals surface area contributed by atoms with Crippen molar-refractivity contribution in [2.45, 2.75) is 63.8 Å². The van der Waals surface area contributed by atoms with Gasteiger partial charge in [0.25, 0.3) is 0 Å². The van der Waals surface area contributed by atoms with E-state index in [0.29, 0.717) is 17.8 Å². The highest BCUT2D eigenvalue weighted by atomic mass is 15.1. The summed E-state index contributed by atoms with van der Waals surface area (Å²) in [6, 6.07) is 2.43. The second-order valence-corrected chi connectivity index (χ2v) is 6.09. The Kier molecular flexibility index (Phi) is 3.58. The summed E-state index contributed by atoms with van der Waals surface area (Å²) in [6.07, 6.45) is 8.93. The molecule has 2 unspecified atom stereocenters. The number of nitrogens with zero attached hydrogens (tertiary/aromatic N) is 2. The molecule has 104 valence electrons. The first-order chi connectivity index (χ1) is 9.24. The molecule has 0 saturated heterocycles. The SMILES string of the molecule is CCC1CCCC(Nc2cc(N)nc(C3CC3)n2)C1. The van der Waals surface area contributed by atoms with E-state index < -0.39 is 0 Å². The van der Waals surface area contributed by atoms with Crippen molar-refractivity contribution in [3.63, 3.8) is 0 Å². The number of nitrogens with two attached hydrogens (primary N) is 1. The maximum Gasteiger partial charge on any atom is 0.136 e. The molecule has 4 nitrogen and oxygen atoms in total. The summed E-state index contributed by atoms with van der Waals surface area (Å²) in [5.74, 6) is 3.89. The maximum atomic E-state index is 5.89. The summed E-state index contributed by atoms with van der Waals surface area (Å²) < 4.78 is 0. The summed E-state index contributed by atoms with van der Waals surface area (Å²) in [7, 11) is 0. The van der Waals surface area contributed by atoms with E-state index >= 15 is 0 Å². The predicted octanol–water partition coefficient (Wildman–Crippen LogP) is 3.32. The van der Waals surface area contributed by atoms with Gasteiger partial charge in [0.2, 0.25) is 0 Å². The van der Waals surface area contributed by atoms with Crippen molar-refractivity contribution in [3.8, 4) is 0 Å². The maximum absolute atomic E-state index is 5.89. The third-order valence-electron chi connectivity index (χ3n) is 4.42. The zero-order chi connectivity index (χ0) is 13.2. The lowest BCUT2D eigenvalue weighted by Crippen LogP contribution is -2.27. The Morgan fingerprint density at radius 2 is 2.11 bits per heavy atom. The Labute approximate surface area is 115 Å².